The maximum absolute atomic E-state index is 5.54. The second-order valence-corrected chi connectivity index (χ2v) is 5.48. The van der Waals surface area contributed by atoms with Gasteiger partial charge in [0.1, 0.15) is 0 Å². The van der Waals surface area contributed by atoms with Crippen LogP contribution in [0.15, 0.2) is 0 Å². The van der Waals surface area contributed by atoms with Gasteiger partial charge in [0.2, 0.25) is 0 Å². The largest absolute Gasteiger partial charge is 0.287 e. The van der Waals surface area contributed by atoms with Gasteiger partial charge in [0.25, 0.3) is 0 Å². The summed E-state index contributed by atoms with van der Waals surface area (Å²) in [4.78, 5) is 2.43. The van der Waals surface area contributed by atoms with Gasteiger partial charge in [-0.3, -0.25) is 4.90 Å². The summed E-state index contributed by atoms with van der Waals surface area (Å²) in [5.41, 5.74) is -0.0703. The van der Waals surface area contributed by atoms with Crippen LogP contribution in [0.2, 0.25) is 0 Å². The fraction of sp³-hybridized carbons (Fsp3) is 0.818. The molecule has 0 aromatic heterocycles. The Morgan fingerprint density at radius 1 is 1.54 bits per heavy atom. The summed E-state index contributed by atoms with van der Waals surface area (Å²) in [5.74, 6) is 6.13. The highest BCUT2D eigenvalue weighted by Gasteiger charge is 2.26. The molecule has 1 nitrogen and oxygen atoms in total. The van der Waals surface area contributed by atoms with Gasteiger partial charge in [-0.1, -0.05) is 12.8 Å². The number of rotatable bonds is 1. The van der Waals surface area contributed by atoms with Crippen molar-refractivity contribution in [1.29, 1.82) is 0 Å². The maximum Gasteiger partial charge on any atom is 0.0766 e. The van der Waals surface area contributed by atoms with E-state index in [9.17, 15) is 0 Å². The fourth-order valence-electron chi connectivity index (χ4n) is 1.58. The number of hydrogen-bond acceptors (Lipinski definition) is 2. The molecular weight excluding hydrogens is 178 g/mol. The zero-order valence-electron chi connectivity index (χ0n) is 8.84. The second kappa shape index (κ2) is 4.39. The molecule has 2 heteroatoms. The van der Waals surface area contributed by atoms with E-state index in [0.717, 1.165) is 19.0 Å². The number of hydrogen-bond donors (Lipinski definition) is 0. The molecule has 0 N–H and O–H groups in total. The van der Waals surface area contributed by atoms with E-state index in [0.29, 0.717) is 0 Å². The van der Waals surface area contributed by atoms with Crippen LogP contribution >= 0.6 is 11.8 Å². The number of terminal acetylenes is 1. The summed E-state index contributed by atoms with van der Waals surface area (Å²) >= 11 is 2.04. The predicted molar refractivity (Wildman–Crippen MR) is 61.0 cm³/mol. The van der Waals surface area contributed by atoms with Crippen LogP contribution in [0.25, 0.3) is 0 Å². The molecule has 0 aromatic carbocycles. The Bertz CT molecular complexity index is 205. The van der Waals surface area contributed by atoms with Gasteiger partial charge in [-0.05, 0) is 25.5 Å². The molecule has 0 aliphatic carbocycles. The topological polar surface area (TPSA) is 3.24 Å². The van der Waals surface area contributed by atoms with Crippen molar-refractivity contribution in [2.45, 2.75) is 26.3 Å². The van der Waals surface area contributed by atoms with E-state index in [1.165, 1.54) is 11.5 Å². The first kappa shape index (κ1) is 10.9. The third kappa shape index (κ3) is 2.93. The van der Waals surface area contributed by atoms with Crippen molar-refractivity contribution >= 4 is 11.8 Å². The molecule has 13 heavy (non-hydrogen) atoms. The van der Waals surface area contributed by atoms with E-state index in [-0.39, 0.29) is 5.54 Å². The molecule has 1 saturated heterocycles. The van der Waals surface area contributed by atoms with Gasteiger partial charge < -0.3 is 0 Å². The van der Waals surface area contributed by atoms with Crippen LogP contribution in [-0.2, 0) is 0 Å². The summed E-state index contributed by atoms with van der Waals surface area (Å²) in [6.07, 6.45) is 5.54. The molecule has 0 spiro atoms. The summed E-state index contributed by atoms with van der Waals surface area (Å²) < 4.78 is 0. The predicted octanol–water partition coefficient (Wildman–Crippen LogP) is 2.08. The molecule has 0 aromatic rings. The Morgan fingerprint density at radius 3 is 2.85 bits per heavy atom. The Labute approximate surface area is 86.3 Å². The molecular formula is C11H19NS. The SMILES string of the molecule is C#CC(C)(C)N1CCSCC(C)C1. The van der Waals surface area contributed by atoms with E-state index >= 15 is 0 Å². The Balaban J connectivity index is 2.63. The molecule has 0 saturated carbocycles. The molecule has 0 radical (unpaired) electrons. The molecule has 1 heterocycles. The summed E-state index contributed by atoms with van der Waals surface area (Å²) in [7, 11) is 0. The molecule has 1 unspecified atom stereocenters. The third-order valence-corrected chi connectivity index (χ3v) is 3.86. The quantitative estimate of drug-likeness (QED) is 0.592. The smallest absolute Gasteiger partial charge is 0.0766 e. The molecule has 0 amide bonds. The van der Waals surface area contributed by atoms with Gasteiger partial charge in [0.15, 0.2) is 0 Å². The number of thioether (sulfide) groups is 1. The van der Waals surface area contributed by atoms with Gasteiger partial charge >= 0.3 is 0 Å². The van der Waals surface area contributed by atoms with Gasteiger partial charge in [0, 0.05) is 18.8 Å². The summed E-state index contributed by atoms with van der Waals surface area (Å²) in [6.45, 7) is 8.85. The minimum Gasteiger partial charge on any atom is -0.287 e. The van der Waals surface area contributed by atoms with E-state index in [2.05, 4.69) is 31.6 Å². The van der Waals surface area contributed by atoms with Crippen molar-refractivity contribution in [3.63, 3.8) is 0 Å². The highest BCUT2D eigenvalue weighted by atomic mass is 32.2. The van der Waals surface area contributed by atoms with E-state index in [1.807, 2.05) is 11.8 Å². The second-order valence-electron chi connectivity index (χ2n) is 4.33. The molecule has 1 atom stereocenters. The van der Waals surface area contributed by atoms with Crippen molar-refractivity contribution in [3.05, 3.63) is 0 Å². The lowest BCUT2D eigenvalue weighted by atomic mass is 10.0. The van der Waals surface area contributed by atoms with Crippen LogP contribution in [0.5, 0.6) is 0 Å². The first-order chi connectivity index (χ1) is 6.06. The lowest BCUT2D eigenvalue weighted by Crippen LogP contribution is -2.45. The van der Waals surface area contributed by atoms with Crippen LogP contribution < -0.4 is 0 Å². The normalized spacial score (nSPS) is 26.5. The standard InChI is InChI=1S/C11H19NS/c1-5-11(3,4)12-6-7-13-9-10(2)8-12/h1,10H,6-9H2,2-4H3. The minimum absolute atomic E-state index is 0.0703. The minimum atomic E-state index is -0.0703. The van der Waals surface area contributed by atoms with Crippen LogP contribution in [0.3, 0.4) is 0 Å². The average Bonchev–Trinajstić information content (AvgIpc) is 2.30. The first-order valence-electron chi connectivity index (χ1n) is 4.87. The molecule has 1 aliphatic rings. The van der Waals surface area contributed by atoms with Crippen molar-refractivity contribution < 1.29 is 0 Å². The van der Waals surface area contributed by atoms with E-state index < -0.39 is 0 Å². The molecule has 0 bridgehead atoms. The maximum atomic E-state index is 5.54. The zero-order valence-corrected chi connectivity index (χ0v) is 9.66. The molecule has 1 rings (SSSR count). The van der Waals surface area contributed by atoms with Crippen LogP contribution in [0.1, 0.15) is 20.8 Å². The first-order valence-corrected chi connectivity index (χ1v) is 6.02. The third-order valence-electron chi connectivity index (χ3n) is 2.58. The van der Waals surface area contributed by atoms with Crippen molar-refractivity contribution in [2.24, 2.45) is 5.92 Å². The Kier molecular flexibility index (Phi) is 3.70. The van der Waals surface area contributed by atoms with Gasteiger partial charge in [-0.15, -0.1) is 6.42 Å². The Morgan fingerprint density at radius 2 is 2.23 bits per heavy atom. The van der Waals surface area contributed by atoms with E-state index in [4.69, 9.17) is 6.42 Å². The van der Waals surface area contributed by atoms with Gasteiger partial charge in [0.05, 0.1) is 5.54 Å². The van der Waals surface area contributed by atoms with Crippen molar-refractivity contribution in [2.75, 3.05) is 24.6 Å². The van der Waals surface area contributed by atoms with Crippen LogP contribution in [0.4, 0.5) is 0 Å². The molecule has 1 fully saturated rings. The fourth-order valence-corrected chi connectivity index (χ4v) is 2.60. The zero-order chi connectivity index (χ0) is 9.90. The number of nitrogens with zero attached hydrogens (tertiary/aromatic N) is 1. The van der Waals surface area contributed by atoms with Gasteiger partial charge in [-0.25, -0.2) is 0 Å². The lowest BCUT2D eigenvalue weighted by molar-refractivity contribution is 0.165. The Hall–Kier alpha value is -0.130. The van der Waals surface area contributed by atoms with E-state index in [1.54, 1.807) is 0 Å². The highest BCUT2D eigenvalue weighted by Crippen LogP contribution is 2.21. The van der Waals surface area contributed by atoms with Crippen molar-refractivity contribution in [3.8, 4) is 12.3 Å². The van der Waals surface area contributed by atoms with Crippen LogP contribution in [0, 0.1) is 18.3 Å². The monoisotopic (exact) mass is 197 g/mol. The molecule has 1 aliphatic heterocycles. The summed E-state index contributed by atoms with van der Waals surface area (Å²) in [5, 5.41) is 0. The highest BCUT2D eigenvalue weighted by molar-refractivity contribution is 7.99. The average molecular weight is 197 g/mol. The lowest BCUT2D eigenvalue weighted by Gasteiger charge is -2.34. The van der Waals surface area contributed by atoms with Crippen molar-refractivity contribution in [1.82, 2.24) is 4.90 Å². The molecule has 74 valence electrons. The van der Waals surface area contributed by atoms with Crippen LogP contribution in [-0.4, -0.2) is 35.0 Å². The summed E-state index contributed by atoms with van der Waals surface area (Å²) in [6, 6.07) is 0. The van der Waals surface area contributed by atoms with Gasteiger partial charge in [-0.2, -0.15) is 11.8 Å².